The van der Waals surface area contributed by atoms with Crippen molar-refractivity contribution in [3.8, 4) is 0 Å². The zero-order chi connectivity index (χ0) is 16.1. The van der Waals surface area contributed by atoms with E-state index in [2.05, 4.69) is 0 Å². The predicted octanol–water partition coefficient (Wildman–Crippen LogP) is 6.48. The molecule has 3 aliphatic rings. The van der Waals surface area contributed by atoms with Gasteiger partial charge < -0.3 is 4.52 Å². The maximum absolute atomic E-state index is 12.2. The van der Waals surface area contributed by atoms with E-state index in [9.17, 15) is 4.79 Å². The molecule has 0 atom stereocenters. The minimum atomic E-state index is -1.63. The Labute approximate surface area is 143 Å². The Morgan fingerprint density at radius 3 is 1.22 bits per heavy atom. The van der Waals surface area contributed by atoms with Crippen LogP contribution in [0.25, 0.3) is 0 Å². The Hall–Kier alpha value is -0.100. The molecule has 132 valence electrons. The first-order valence-electron chi connectivity index (χ1n) is 10.3. The highest BCUT2D eigenvalue weighted by atomic mass is 31.2. The van der Waals surface area contributed by atoms with E-state index in [4.69, 9.17) is 4.52 Å². The molecule has 0 unspecified atom stereocenters. The number of hydrogen-bond donors (Lipinski definition) is 0. The molecule has 3 heteroatoms. The standard InChI is InChI=1S/C20H36O2P/c1-17(21)22-23(18-11-5-2-6-12-18,19-13-7-3-8-14-19)20-15-9-4-10-16-20/h18-20H,2-16H2,1H3/q+1. The Morgan fingerprint density at radius 1 is 0.652 bits per heavy atom. The molecule has 0 bridgehead atoms. The maximum Gasteiger partial charge on any atom is 0.346 e. The minimum Gasteiger partial charge on any atom is -0.313 e. The zero-order valence-corrected chi connectivity index (χ0v) is 16.0. The lowest BCUT2D eigenvalue weighted by Crippen LogP contribution is -2.38. The first-order chi connectivity index (χ1) is 11.2. The van der Waals surface area contributed by atoms with E-state index >= 15 is 0 Å². The summed E-state index contributed by atoms with van der Waals surface area (Å²) in [5, 5.41) is 0. The summed E-state index contributed by atoms with van der Waals surface area (Å²) in [4.78, 5) is 12.2. The van der Waals surface area contributed by atoms with Gasteiger partial charge in [0.25, 0.3) is 0 Å². The Balaban J connectivity index is 1.93. The van der Waals surface area contributed by atoms with E-state index < -0.39 is 7.49 Å². The molecule has 3 saturated carbocycles. The highest BCUT2D eigenvalue weighted by Gasteiger charge is 2.61. The lowest BCUT2D eigenvalue weighted by atomic mass is 9.99. The number of carbonyl (C=O) groups is 1. The van der Waals surface area contributed by atoms with Gasteiger partial charge >= 0.3 is 5.97 Å². The van der Waals surface area contributed by atoms with E-state index in [-0.39, 0.29) is 5.97 Å². The normalized spacial score (nSPS) is 26.1. The van der Waals surface area contributed by atoms with Crippen LogP contribution in [0.15, 0.2) is 0 Å². The monoisotopic (exact) mass is 339 g/mol. The van der Waals surface area contributed by atoms with Gasteiger partial charge in [-0.05, 0) is 77.0 Å². The third kappa shape index (κ3) is 3.94. The van der Waals surface area contributed by atoms with Crippen LogP contribution in [0.4, 0.5) is 0 Å². The van der Waals surface area contributed by atoms with Gasteiger partial charge in [-0.1, -0.05) is 19.3 Å². The maximum atomic E-state index is 12.2. The molecule has 0 aliphatic heterocycles. The molecule has 3 rings (SSSR count). The van der Waals surface area contributed by atoms with Crippen LogP contribution in [0, 0.1) is 0 Å². The Kier molecular flexibility index (Phi) is 6.41. The van der Waals surface area contributed by atoms with Crippen molar-refractivity contribution in [2.24, 2.45) is 0 Å². The van der Waals surface area contributed by atoms with E-state index in [0.29, 0.717) is 0 Å². The summed E-state index contributed by atoms with van der Waals surface area (Å²) in [6, 6.07) is 0. The molecular weight excluding hydrogens is 303 g/mol. The van der Waals surface area contributed by atoms with E-state index in [1.54, 1.807) is 6.92 Å². The number of carbonyl (C=O) groups excluding carboxylic acids is 1. The fraction of sp³-hybridized carbons (Fsp3) is 0.950. The molecule has 0 aromatic rings. The second-order valence-electron chi connectivity index (χ2n) is 8.22. The summed E-state index contributed by atoms with van der Waals surface area (Å²) in [6.07, 6.45) is 20.4. The first-order valence-corrected chi connectivity index (χ1v) is 12.2. The molecule has 0 amide bonds. The lowest BCUT2D eigenvalue weighted by Gasteiger charge is -2.45. The quantitative estimate of drug-likeness (QED) is 0.548. The van der Waals surface area contributed by atoms with Crippen LogP contribution in [0.2, 0.25) is 0 Å². The summed E-state index contributed by atoms with van der Waals surface area (Å²) >= 11 is 0. The molecule has 3 fully saturated rings. The molecule has 0 aromatic heterocycles. The number of hydrogen-bond acceptors (Lipinski definition) is 2. The third-order valence-electron chi connectivity index (χ3n) is 6.72. The predicted molar refractivity (Wildman–Crippen MR) is 99.3 cm³/mol. The molecule has 0 spiro atoms. The van der Waals surface area contributed by atoms with Crippen molar-refractivity contribution in [2.75, 3.05) is 0 Å². The Morgan fingerprint density at radius 2 is 0.957 bits per heavy atom. The lowest BCUT2D eigenvalue weighted by molar-refractivity contribution is -0.131. The van der Waals surface area contributed by atoms with Crippen molar-refractivity contribution >= 4 is 13.5 Å². The zero-order valence-electron chi connectivity index (χ0n) is 15.1. The van der Waals surface area contributed by atoms with Crippen molar-refractivity contribution in [3.05, 3.63) is 0 Å². The molecule has 0 N–H and O–H groups in total. The molecule has 2 nitrogen and oxygen atoms in total. The summed E-state index contributed by atoms with van der Waals surface area (Å²) in [5.74, 6) is 0.0278. The van der Waals surface area contributed by atoms with Crippen molar-refractivity contribution in [1.82, 2.24) is 0 Å². The van der Waals surface area contributed by atoms with Gasteiger partial charge in [0.1, 0.15) is 17.0 Å². The van der Waals surface area contributed by atoms with Crippen LogP contribution >= 0.6 is 7.49 Å². The van der Waals surface area contributed by atoms with Crippen molar-refractivity contribution in [2.45, 2.75) is 120 Å². The van der Waals surface area contributed by atoms with Gasteiger partial charge in [-0.15, -0.1) is 0 Å². The average Bonchev–Trinajstić information content (AvgIpc) is 2.62. The van der Waals surface area contributed by atoms with Crippen LogP contribution in [0.5, 0.6) is 0 Å². The topological polar surface area (TPSA) is 26.3 Å². The molecule has 0 aromatic carbocycles. The molecule has 0 heterocycles. The number of rotatable bonds is 4. The van der Waals surface area contributed by atoms with Crippen LogP contribution in [-0.4, -0.2) is 22.9 Å². The van der Waals surface area contributed by atoms with Gasteiger partial charge in [0.2, 0.25) is 7.49 Å². The van der Waals surface area contributed by atoms with Crippen molar-refractivity contribution < 1.29 is 9.32 Å². The van der Waals surface area contributed by atoms with Gasteiger partial charge in [0.05, 0.1) is 0 Å². The third-order valence-corrected chi connectivity index (χ3v) is 12.3. The van der Waals surface area contributed by atoms with Crippen LogP contribution in [0.3, 0.4) is 0 Å². The van der Waals surface area contributed by atoms with Crippen LogP contribution < -0.4 is 0 Å². The SMILES string of the molecule is CC(=O)O[P+](C1CCCCC1)(C1CCCCC1)C1CCCCC1. The summed E-state index contributed by atoms with van der Waals surface area (Å²) in [7, 11) is -1.63. The highest BCUT2D eigenvalue weighted by Crippen LogP contribution is 2.78. The van der Waals surface area contributed by atoms with Crippen molar-refractivity contribution in [3.63, 3.8) is 0 Å². The molecule has 23 heavy (non-hydrogen) atoms. The fourth-order valence-corrected chi connectivity index (χ4v) is 12.0. The summed E-state index contributed by atoms with van der Waals surface area (Å²) < 4.78 is 6.53. The van der Waals surface area contributed by atoms with Gasteiger partial charge in [0.15, 0.2) is 0 Å². The Bertz CT molecular complexity index is 332. The first kappa shape index (κ1) is 17.7. The second kappa shape index (κ2) is 8.32. The van der Waals surface area contributed by atoms with Crippen LogP contribution in [0.1, 0.15) is 103 Å². The summed E-state index contributed by atoms with van der Waals surface area (Å²) in [6.45, 7) is 1.68. The van der Waals surface area contributed by atoms with Gasteiger partial charge in [-0.25, -0.2) is 4.79 Å². The minimum absolute atomic E-state index is 0.0278. The average molecular weight is 339 g/mol. The fourth-order valence-electron chi connectivity index (χ4n) is 5.79. The van der Waals surface area contributed by atoms with Gasteiger partial charge in [-0.2, -0.15) is 0 Å². The van der Waals surface area contributed by atoms with Crippen molar-refractivity contribution in [1.29, 1.82) is 0 Å². The molecule has 0 saturated heterocycles. The molecular formula is C20H36O2P+. The van der Waals surface area contributed by atoms with Gasteiger partial charge in [-0.3, -0.25) is 0 Å². The highest BCUT2D eigenvalue weighted by molar-refractivity contribution is 7.73. The molecule has 0 radical (unpaired) electrons. The van der Waals surface area contributed by atoms with E-state index in [1.807, 2.05) is 0 Å². The smallest absolute Gasteiger partial charge is 0.313 e. The van der Waals surface area contributed by atoms with Gasteiger partial charge in [0, 0.05) is 6.92 Å². The van der Waals surface area contributed by atoms with Crippen LogP contribution in [-0.2, 0) is 9.32 Å². The molecule has 3 aliphatic carbocycles. The second-order valence-corrected chi connectivity index (χ2v) is 12.1. The summed E-state index contributed by atoms with van der Waals surface area (Å²) in [5.41, 5.74) is 2.23. The largest absolute Gasteiger partial charge is 0.346 e. The van der Waals surface area contributed by atoms with E-state index in [1.165, 1.54) is 96.3 Å². The van der Waals surface area contributed by atoms with E-state index in [0.717, 1.165) is 17.0 Å².